The van der Waals surface area contributed by atoms with Crippen LogP contribution in [0.4, 0.5) is 11.6 Å². The van der Waals surface area contributed by atoms with Crippen LogP contribution < -0.4 is 10.6 Å². The summed E-state index contributed by atoms with van der Waals surface area (Å²) in [5, 5.41) is 21.7. The summed E-state index contributed by atoms with van der Waals surface area (Å²) in [6, 6.07) is 5.69. The van der Waals surface area contributed by atoms with Gasteiger partial charge in [0.1, 0.15) is 17.5 Å². The van der Waals surface area contributed by atoms with Crippen molar-refractivity contribution < 1.29 is 0 Å². The third kappa shape index (κ3) is 2.40. The molecule has 0 amide bonds. The fourth-order valence-electron chi connectivity index (χ4n) is 2.55. The van der Waals surface area contributed by atoms with Gasteiger partial charge in [-0.05, 0) is 30.9 Å². The van der Waals surface area contributed by atoms with Crippen molar-refractivity contribution in [1.82, 2.24) is 20.0 Å². The van der Waals surface area contributed by atoms with Gasteiger partial charge in [-0.25, -0.2) is 0 Å². The highest BCUT2D eigenvalue weighted by Gasteiger charge is 2.25. The second-order valence-corrected chi connectivity index (χ2v) is 5.36. The number of hydrogen-bond acceptors (Lipinski definition) is 6. The second-order valence-electron chi connectivity index (χ2n) is 5.36. The number of hydrogen-bond donors (Lipinski definition) is 1. The Morgan fingerprint density at radius 3 is 2.76 bits per heavy atom. The van der Waals surface area contributed by atoms with Crippen LogP contribution in [-0.4, -0.2) is 33.1 Å². The van der Waals surface area contributed by atoms with E-state index in [1.807, 2.05) is 0 Å². The number of nitrogens with zero attached hydrogens (tertiary/aromatic N) is 6. The first-order chi connectivity index (χ1) is 10.2. The van der Waals surface area contributed by atoms with E-state index < -0.39 is 0 Å². The van der Waals surface area contributed by atoms with Crippen LogP contribution in [0.5, 0.6) is 0 Å². The molecule has 0 spiro atoms. The Morgan fingerprint density at radius 1 is 1.38 bits per heavy atom. The molecule has 0 aliphatic carbocycles. The third-order valence-electron chi connectivity index (χ3n) is 3.87. The van der Waals surface area contributed by atoms with E-state index in [-0.39, 0.29) is 0 Å². The van der Waals surface area contributed by atoms with Gasteiger partial charge < -0.3 is 10.6 Å². The molecule has 0 radical (unpaired) electrons. The van der Waals surface area contributed by atoms with E-state index in [1.165, 1.54) is 4.68 Å². The van der Waals surface area contributed by atoms with Crippen LogP contribution in [0, 0.1) is 17.2 Å². The molecule has 1 saturated heterocycles. The first kappa shape index (κ1) is 13.4. The number of nitrogens with two attached hydrogens (primary N) is 1. The lowest BCUT2D eigenvalue weighted by Crippen LogP contribution is -2.33. The smallest absolute Gasteiger partial charge is 0.178 e. The predicted molar refractivity (Wildman–Crippen MR) is 78.9 cm³/mol. The largest absolute Gasteiger partial charge is 0.382 e. The number of aromatic nitrogens is 4. The van der Waals surface area contributed by atoms with Gasteiger partial charge in [-0.15, -0.1) is 10.2 Å². The molecule has 7 heteroatoms. The van der Waals surface area contributed by atoms with E-state index in [0.717, 1.165) is 25.9 Å². The Hall–Kier alpha value is -2.62. The number of piperidine rings is 1. The minimum atomic E-state index is 0.312. The van der Waals surface area contributed by atoms with Crippen LogP contribution in [0.25, 0.3) is 5.82 Å². The van der Waals surface area contributed by atoms with Crippen LogP contribution in [-0.2, 0) is 0 Å². The van der Waals surface area contributed by atoms with Crippen molar-refractivity contribution in [3.05, 3.63) is 23.9 Å². The van der Waals surface area contributed by atoms with E-state index in [0.29, 0.717) is 28.9 Å². The van der Waals surface area contributed by atoms with E-state index in [1.54, 1.807) is 18.3 Å². The second kappa shape index (κ2) is 5.40. The van der Waals surface area contributed by atoms with Crippen molar-refractivity contribution >= 4 is 11.6 Å². The number of nitriles is 1. The van der Waals surface area contributed by atoms with E-state index in [4.69, 9.17) is 5.73 Å². The molecule has 1 aliphatic rings. The lowest BCUT2D eigenvalue weighted by molar-refractivity contribution is 0.436. The van der Waals surface area contributed by atoms with Crippen LogP contribution in [0.15, 0.2) is 18.3 Å². The van der Waals surface area contributed by atoms with Gasteiger partial charge in [0.15, 0.2) is 11.6 Å². The molecule has 2 aromatic heterocycles. The predicted octanol–water partition coefficient (Wildman–Crippen LogP) is 1.35. The fraction of sp³-hybridized carbons (Fsp3) is 0.429. The Balaban J connectivity index is 2.00. The standard InChI is InChI=1S/C14H17N7/c1-10-4-7-20(8-5-10)14-11(9-15)13(16)21(19-14)12-3-2-6-17-18-12/h2-3,6,10H,4-5,7-8,16H2,1H3. The first-order valence-corrected chi connectivity index (χ1v) is 7.02. The van der Waals surface area contributed by atoms with Crippen molar-refractivity contribution in [2.75, 3.05) is 23.7 Å². The Kier molecular flexibility index (Phi) is 3.44. The normalized spacial score (nSPS) is 15.9. The van der Waals surface area contributed by atoms with Gasteiger partial charge in [0, 0.05) is 19.3 Å². The maximum atomic E-state index is 9.40. The van der Waals surface area contributed by atoms with Crippen molar-refractivity contribution in [1.29, 1.82) is 5.26 Å². The van der Waals surface area contributed by atoms with Gasteiger partial charge >= 0.3 is 0 Å². The average molecular weight is 283 g/mol. The van der Waals surface area contributed by atoms with Gasteiger partial charge in [0.05, 0.1) is 0 Å². The molecule has 1 fully saturated rings. The van der Waals surface area contributed by atoms with Crippen LogP contribution in [0.3, 0.4) is 0 Å². The zero-order valence-electron chi connectivity index (χ0n) is 11.9. The lowest BCUT2D eigenvalue weighted by Gasteiger charge is -2.30. The summed E-state index contributed by atoms with van der Waals surface area (Å²) in [7, 11) is 0. The van der Waals surface area contributed by atoms with Crippen LogP contribution in [0.1, 0.15) is 25.3 Å². The molecular formula is C14H17N7. The maximum absolute atomic E-state index is 9.40. The van der Waals surface area contributed by atoms with E-state index in [2.05, 4.69) is 33.2 Å². The summed E-state index contributed by atoms with van der Waals surface area (Å²) in [6.45, 7) is 4.04. The average Bonchev–Trinajstić information content (AvgIpc) is 2.85. The molecule has 21 heavy (non-hydrogen) atoms. The van der Waals surface area contributed by atoms with Crippen LogP contribution in [0.2, 0.25) is 0 Å². The molecule has 0 aromatic carbocycles. The fourth-order valence-corrected chi connectivity index (χ4v) is 2.55. The summed E-state index contributed by atoms with van der Waals surface area (Å²) < 4.78 is 1.49. The summed E-state index contributed by atoms with van der Waals surface area (Å²) in [5.74, 6) is 2.19. The molecule has 7 nitrogen and oxygen atoms in total. The number of anilines is 2. The minimum Gasteiger partial charge on any atom is -0.382 e. The first-order valence-electron chi connectivity index (χ1n) is 7.02. The van der Waals surface area contributed by atoms with Gasteiger partial charge in [-0.1, -0.05) is 6.92 Å². The van der Waals surface area contributed by atoms with Crippen molar-refractivity contribution in [2.24, 2.45) is 5.92 Å². The summed E-state index contributed by atoms with van der Waals surface area (Å²) in [5.41, 5.74) is 6.48. The number of nitrogen functional groups attached to an aromatic ring is 1. The van der Waals surface area contributed by atoms with Crippen LogP contribution >= 0.6 is 0 Å². The molecule has 2 aromatic rings. The van der Waals surface area contributed by atoms with Gasteiger partial charge in [0.25, 0.3) is 0 Å². The van der Waals surface area contributed by atoms with Gasteiger partial charge in [0.2, 0.25) is 0 Å². The molecule has 108 valence electrons. The lowest BCUT2D eigenvalue weighted by atomic mass is 9.99. The van der Waals surface area contributed by atoms with E-state index in [9.17, 15) is 5.26 Å². The molecule has 0 saturated carbocycles. The molecule has 2 N–H and O–H groups in total. The summed E-state index contributed by atoms with van der Waals surface area (Å²) in [6.07, 6.45) is 3.78. The Labute approximate surface area is 123 Å². The van der Waals surface area contributed by atoms with Gasteiger partial charge in [-0.3, -0.25) is 0 Å². The minimum absolute atomic E-state index is 0.312. The Bertz CT molecular complexity index is 663. The Morgan fingerprint density at radius 2 is 2.14 bits per heavy atom. The molecule has 3 heterocycles. The summed E-state index contributed by atoms with van der Waals surface area (Å²) >= 11 is 0. The van der Waals surface area contributed by atoms with Gasteiger partial charge in [-0.2, -0.15) is 15.0 Å². The van der Waals surface area contributed by atoms with Crippen molar-refractivity contribution in [3.63, 3.8) is 0 Å². The topological polar surface area (TPSA) is 96.7 Å². The highest BCUT2D eigenvalue weighted by molar-refractivity contribution is 5.66. The van der Waals surface area contributed by atoms with E-state index >= 15 is 0 Å². The molecule has 0 bridgehead atoms. The molecule has 0 unspecified atom stereocenters. The zero-order chi connectivity index (χ0) is 14.8. The highest BCUT2D eigenvalue weighted by Crippen LogP contribution is 2.29. The summed E-state index contributed by atoms with van der Waals surface area (Å²) in [4.78, 5) is 2.13. The monoisotopic (exact) mass is 283 g/mol. The van der Waals surface area contributed by atoms with Crippen molar-refractivity contribution in [3.8, 4) is 11.9 Å². The molecule has 3 rings (SSSR count). The highest BCUT2D eigenvalue weighted by atomic mass is 15.4. The SMILES string of the molecule is CC1CCN(c2nn(-c3cccnn3)c(N)c2C#N)CC1. The molecule has 0 atom stereocenters. The van der Waals surface area contributed by atoms with Crippen molar-refractivity contribution in [2.45, 2.75) is 19.8 Å². The molecular weight excluding hydrogens is 266 g/mol. The number of rotatable bonds is 2. The zero-order valence-corrected chi connectivity index (χ0v) is 11.9. The maximum Gasteiger partial charge on any atom is 0.178 e. The third-order valence-corrected chi connectivity index (χ3v) is 3.87. The molecule has 1 aliphatic heterocycles. The quantitative estimate of drug-likeness (QED) is 0.893.